The third kappa shape index (κ3) is 14.6. The normalized spacial score (nSPS) is 50.3. The first-order valence-electron chi connectivity index (χ1n) is 26.6. The van der Waals surface area contributed by atoms with Crippen LogP contribution in [0.3, 0.4) is 0 Å². The summed E-state index contributed by atoms with van der Waals surface area (Å²) < 4.78 is 74.0. The topological polar surface area (TPSA) is 603 Å². The number of hydrogen-bond donors (Lipinski definition) is 23. The van der Waals surface area contributed by atoms with Crippen molar-refractivity contribution in [3.05, 3.63) is 0 Å². The number of amides is 2. The number of carbonyl (C=O) groups excluding carboxylic acids is 2. The molecular formula is C46H78N2O36. The van der Waals surface area contributed by atoms with Crippen LogP contribution in [0.4, 0.5) is 0 Å². The van der Waals surface area contributed by atoms with E-state index in [2.05, 4.69) is 10.6 Å². The molecule has 23 N–H and O–H groups in total. The summed E-state index contributed by atoms with van der Waals surface area (Å²) in [7, 11) is 0. The Morgan fingerprint density at radius 1 is 0.286 bits per heavy atom. The monoisotopic (exact) mass is 1230 g/mol. The van der Waals surface area contributed by atoms with E-state index < -0.39 is 273 Å². The van der Waals surface area contributed by atoms with E-state index in [0.29, 0.717) is 0 Å². The van der Waals surface area contributed by atoms with Gasteiger partial charge in [0.25, 0.3) is 0 Å². The zero-order valence-corrected chi connectivity index (χ0v) is 44.7. The van der Waals surface area contributed by atoms with Gasteiger partial charge in [-0.25, -0.2) is 0 Å². The Labute approximate surface area is 475 Å². The first kappa shape index (κ1) is 69.1. The number of hydrogen-bond acceptors (Lipinski definition) is 36. The molecule has 84 heavy (non-hydrogen) atoms. The number of carbonyl (C=O) groups is 2. The predicted octanol–water partition coefficient (Wildman–Crippen LogP) is -16.0. The van der Waals surface area contributed by atoms with Crippen LogP contribution in [-0.2, 0) is 71.2 Å². The molecule has 0 aromatic carbocycles. The molecule has 0 aromatic rings. The molecule has 7 rings (SSSR count). The molecule has 2 amide bonds. The highest BCUT2D eigenvalue weighted by Crippen LogP contribution is 2.38. The number of rotatable bonds is 21. The second-order valence-corrected chi connectivity index (χ2v) is 21.0. The molecule has 35 atom stereocenters. The molecule has 7 heterocycles. The van der Waals surface area contributed by atoms with Gasteiger partial charge in [0.1, 0.15) is 171 Å². The average molecular weight is 1240 g/mol. The minimum Gasteiger partial charge on any atom is -0.394 e. The molecule has 0 aromatic heterocycles. The van der Waals surface area contributed by atoms with Crippen LogP contribution in [0.2, 0.25) is 0 Å². The quantitative estimate of drug-likeness (QED) is 0.0507. The van der Waals surface area contributed by atoms with Crippen LogP contribution in [0.15, 0.2) is 0 Å². The Morgan fingerprint density at radius 2 is 0.548 bits per heavy atom. The Kier molecular flexibility index (Phi) is 24.6. The number of aliphatic hydroxyl groups is 21. The number of aliphatic hydroxyl groups excluding tert-OH is 21. The van der Waals surface area contributed by atoms with E-state index in [-0.39, 0.29) is 0 Å². The van der Waals surface area contributed by atoms with E-state index >= 15 is 0 Å². The van der Waals surface area contributed by atoms with Gasteiger partial charge in [0.05, 0.1) is 46.2 Å². The van der Waals surface area contributed by atoms with Crippen LogP contribution in [-0.4, -0.2) is 380 Å². The van der Waals surface area contributed by atoms with Crippen LogP contribution in [0.1, 0.15) is 13.8 Å². The molecule has 0 bridgehead atoms. The highest BCUT2D eigenvalue weighted by Gasteiger charge is 2.59. The largest absolute Gasteiger partial charge is 0.394 e. The molecule has 0 radical (unpaired) electrons. The van der Waals surface area contributed by atoms with Gasteiger partial charge in [0, 0.05) is 13.8 Å². The lowest BCUT2D eigenvalue weighted by molar-refractivity contribution is -0.389. The minimum atomic E-state index is -2.28. The van der Waals surface area contributed by atoms with Crippen molar-refractivity contribution in [1.29, 1.82) is 0 Å². The first-order valence-corrected chi connectivity index (χ1v) is 26.6. The Hall–Kier alpha value is -2.42. The maximum absolute atomic E-state index is 12.7. The highest BCUT2D eigenvalue weighted by atomic mass is 16.8. The predicted molar refractivity (Wildman–Crippen MR) is 255 cm³/mol. The summed E-state index contributed by atoms with van der Waals surface area (Å²) >= 11 is 0. The molecule has 7 aliphatic heterocycles. The summed E-state index contributed by atoms with van der Waals surface area (Å²) in [5.74, 6) is -1.77. The third-order valence-electron chi connectivity index (χ3n) is 15.3. The van der Waals surface area contributed by atoms with Crippen molar-refractivity contribution in [3.8, 4) is 0 Å². The lowest BCUT2D eigenvalue weighted by atomic mass is 9.93. The molecule has 7 saturated heterocycles. The van der Waals surface area contributed by atoms with E-state index in [0.717, 1.165) is 13.8 Å². The fraction of sp³-hybridized carbons (Fsp3) is 0.957. The van der Waals surface area contributed by atoms with Crippen molar-refractivity contribution in [3.63, 3.8) is 0 Å². The van der Waals surface area contributed by atoms with Crippen molar-refractivity contribution in [2.24, 2.45) is 0 Å². The van der Waals surface area contributed by atoms with Crippen LogP contribution >= 0.6 is 0 Å². The summed E-state index contributed by atoms with van der Waals surface area (Å²) in [6.45, 7) is -5.09. The van der Waals surface area contributed by atoms with Gasteiger partial charge in [0.15, 0.2) is 44.0 Å². The van der Waals surface area contributed by atoms with Gasteiger partial charge in [-0.05, 0) is 0 Å². The maximum Gasteiger partial charge on any atom is 0.217 e. The van der Waals surface area contributed by atoms with Gasteiger partial charge in [-0.15, -0.1) is 0 Å². The molecule has 0 saturated carbocycles. The van der Waals surface area contributed by atoms with Crippen molar-refractivity contribution in [2.45, 2.75) is 229 Å². The van der Waals surface area contributed by atoms with Crippen molar-refractivity contribution in [2.75, 3.05) is 46.2 Å². The molecule has 0 spiro atoms. The standard InChI is InChI=1S/C46H78N2O36/c1-10(56)47-19-25(62)34(17(8-54)77-42(19)83-38-23(60)14(5-51)76-46(32(38)69)81-36-16(7-53)72-40(71)29(66)28(36)65)79-44-31(68)37(22(59)13(4-50)74-44)82-41-20(48-11(2)57)26(63)35(18(9-55)78-41)80-45-33(70)39(24(61)15(6-52)75-45)84-43-30(67)27(64)21(58)12(3-49)73-43/h12-46,49-55,58-71H,3-9H2,1-2H3,(H,47,56)(H,48,57)/t12-,13-,14-,15-,16-,17-,18-,19-,20-,21+,22+,23+,24+,25-,26-,27+,28-,29-,30-,31-,32-,33-,34-,35-,36-,37+,38+,39+,40-,41+,42+,43+,44+,45+,46+/m1/s1. The summed E-state index contributed by atoms with van der Waals surface area (Å²) in [6.07, 6.45) is -64.2. The van der Waals surface area contributed by atoms with Gasteiger partial charge in [-0.2, -0.15) is 0 Å². The van der Waals surface area contributed by atoms with E-state index in [4.69, 9.17) is 61.6 Å². The fourth-order valence-electron chi connectivity index (χ4n) is 10.8. The van der Waals surface area contributed by atoms with E-state index in [9.17, 15) is 117 Å². The average Bonchev–Trinajstić information content (AvgIpc) is 1.72. The van der Waals surface area contributed by atoms with Crippen molar-refractivity contribution >= 4 is 11.8 Å². The second-order valence-electron chi connectivity index (χ2n) is 21.0. The molecule has 0 aliphatic carbocycles. The van der Waals surface area contributed by atoms with Crippen molar-refractivity contribution < 1.29 is 178 Å². The molecule has 7 fully saturated rings. The van der Waals surface area contributed by atoms with Gasteiger partial charge >= 0.3 is 0 Å². The van der Waals surface area contributed by atoms with E-state index in [1.807, 2.05) is 0 Å². The number of ether oxygens (including phenoxy) is 13. The highest BCUT2D eigenvalue weighted by molar-refractivity contribution is 5.73. The lowest BCUT2D eigenvalue weighted by Gasteiger charge is -2.51. The molecule has 0 unspecified atom stereocenters. The molecule has 38 nitrogen and oxygen atoms in total. The lowest BCUT2D eigenvalue weighted by Crippen LogP contribution is -2.71. The Balaban J connectivity index is 1.08. The molecule has 38 heteroatoms. The second kappa shape index (κ2) is 29.9. The Bertz CT molecular complexity index is 2060. The van der Waals surface area contributed by atoms with Gasteiger partial charge < -0.3 is 179 Å². The summed E-state index contributed by atoms with van der Waals surface area (Å²) in [5.41, 5.74) is 0. The van der Waals surface area contributed by atoms with Crippen LogP contribution < -0.4 is 10.6 Å². The molecule has 488 valence electrons. The van der Waals surface area contributed by atoms with Crippen LogP contribution in [0, 0.1) is 0 Å². The first-order chi connectivity index (χ1) is 39.8. The maximum atomic E-state index is 12.7. The molecule has 7 aliphatic rings. The zero-order valence-electron chi connectivity index (χ0n) is 44.7. The molecular weight excluding hydrogens is 1160 g/mol. The van der Waals surface area contributed by atoms with E-state index in [1.54, 1.807) is 0 Å². The summed E-state index contributed by atoms with van der Waals surface area (Å²) in [6, 6.07) is -3.68. The number of nitrogens with one attached hydrogen (secondary N) is 2. The zero-order chi connectivity index (χ0) is 61.9. The van der Waals surface area contributed by atoms with Gasteiger partial charge in [-0.1, -0.05) is 0 Å². The SMILES string of the molecule is CC(=O)N[C@H]1[C@H](O[C@H]2[C@@H](O)[C@@H](CO)O[C@@H](O[C@H]3[C@H](O)[C@@H](O)[C@H](O)O[C@@H]3CO)[C@@H]2O)O[C@H](CO)[C@@H](O[C@@H]2O[C@H](CO)[C@H](O)[C@H](O[C@@H]3O[C@H](CO)[C@@H](O[C@@H]4O[C@H](CO)[C@H](O)[C@H](O[C@@H]5O[C@H](CO)[C@H](O)[C@H](O)[C@H]5O)[C@H]4O)[C@H](O)[C@H]3NC(C)=O)[C@H]2O)[C@@H]1O. The van der Waals surface area contributed by atoms with E-state index in [1.165, 1.54) is 0 Å². The third-order valence-corrected chi connectivity index (χ3v) is 15.3. The van der Waals surface area contributed by atoms with Crippen LogP contribution in [0.25, 0.3) is 0 Å². The van der Waals surface area contributed by atoms with Gasteiger partial charge in [0.2, 0.25) is 11.8 Å². The fourth-order valence-corrected chi connectivity index (χ4v) is 10.8. The summed E-state index contributed by atoms with van der Waals surface area (Å²) in [4.78, 5) is 25.4. The smallest absolute Gasteiger partial charge is 0.217 e. The van der Waals surface area contributed by atoms with Crippen molar-refractivity contribution in [1.82, 2.24) is 10.6 Å². The Morgan fingerprint density at radius 3 is 0.869 bits per heavy atom. The minimum absolute atomic E-state index is 0.884. The van der Waals surface area contributed by atoms with Gasteiger partial charge in [-0.3, -0.25) is 9.59 Å². The summed E-state index contributed by atoms with van der Waals surface area (Å²) in [5, 5.41) is 230. The van der Waals surface area contributed by atoms with Crippen LogP contribution in [0.5, 0.6) is 0 Å².